The Hall–Kier alpha value is -3.80. The monoisotopic (exact) mass is 374 g/mol. The zero-order chi connectivity index (χ0) is 19.2. The number of nitrogens with one attached hydrogen (secondary N) is 1. The molecule has 0 aromatic heterocycles. The molecule has 140 valence electrons. The predicted molar refractivity (Wildman–Crippen MR) is 105 cm³/mol. The van der Waals surface area contributed by atoms with Crippen LogP contribution in [0.3, 0.4) is 0 Å². The second-order valence-corrected chi connectivity index (χ2v) is 6.11. The molecule has 1 aliphatic heterocycles. The quantitative estimate of drug-likeness (QED) is 0.527. The molecule has 0 radical (unpaired) electrons. The number of hydrogen-bond acceptors (Lipinski definition) is 5. The van der Waals surface area contributed by atoms with Gasteiger partial charge in [0.05, 0.1) is 6.21 Å². The van der Waals surface area contributed by atoms with E-state index in [9.17, 15) is 4.79 Å². The summed E-state index contributed by atoms with van der Waals surface area (Å²) in [4.78, 5) is 12.2. The molecule has 0 spiro atoms. The Morgan fingerprint density at radius 3 is 2.61 bits per heavy atom. The molecule has 4 rings (SSSR count). The number of benzene rings is 3. The van der Waals surface area contributed by atoms with Crippen LogP contribution in [0.2, 0.25) is 0 Å². The lowest BCUT2D eigenvalue weighted by atomic mass is 10.2. The van der Waals surface area contributed by atoms with Crippen LogP contribution >= 0.6 is 0 Å². The first-order valence-corrected chi connectivity index (χ1v) is 8.78. The van der Waals surface area contributed by atoms with Crippen LogP contribution in [0.1, 0.15) is 21.5 Å². The summed E-state index contributed by atoms with van der Waals surface area (Å²) in [7, 11) is 0. The van der Waals surface area contributed by atoms with Crippen LogP contribution in [0.15, 0.2) is 77.9 Å². The van der Waals surface area contributed by atoms with Crippen LogP contribution in [-0.4, -0.2) is 18.9 Å². The molecule has 0 saturated heterocycles. The van der Waals surface area contributed by atoms with E-state index in [1.54, 1.807) is 24.4 Å². The van der Waals surface area contributed by atoms with Crippen molar-refractivity contribution in [1.82, 2.24) is 5.43 Å². The van der Waals surface area contributed by atoms with Crippen LogP contribution in [0.5, 0.6) is 17.2 Å². The highest BCUT2D eigenvalue weighted by molar-refractivity contribution is 5.95. The van der Waals surface area contributed by atoms with Crippen molar-refractivity contribution in [2.24, 2.45) is 5.10 Å². The van der Waals surface area contributed by atoms with Gasteiger partial charge in [0.2, 0.25) is 6.79 Å². The largest absolute Gasteiger partial charge is 0.489 e. The van der Waals surface area contributed by atoms with Crippen LogP contribution in [0, 0.1) is 0 Å². The van der Waals surface area contributed by atoms with Crippen molar-refractivity contribution >= 4 is 12.1 Å². The minimum Gasteiger partial charge on any atom is -0.489 e. The molecule has 1 aliphatic rings. The minimum absolute atomic E-state index is 0.170. The summed E-state index contributed by atoms with van der Waals surface area (Å²) in [6.07, 6.45) is 1.58. The van der Waals surface area contributed by atoms with Crippen molar-refractivity contribution < 1.29 is 19.0 Å². The van der Waals surface area contributed by atoms with Gasteiger partial charge in [0.1, 0.15) is 12.4 Å². The lowest BCUT2D eigenvalue weighted by molar-refractivity contribution is 0.0954. The maximum atomic E-state index is 12.2. The molecule has 0 fully saturated rings. The first kappa shape index (κ1) is 17.6. The number of carbonyl (C=O) groups excluding carboxylic acids is 1. The topological polar surface area (TPSA) is 69.2 Å². The summed E-state index contributed by atoms with van der Waals surface area (Å²) < 4.78 is 16.2. The molecule has 6 heteroatoms. The van der Waals surface area contributed by atoms with E-state index in [1.165, 1.54) is 0 Å². The first-order chi connectivity index (χ1) is 13.8. The number of hydrazone groups is 1. The number of amides is 1. The van der Waals surface area contributed by atoms with Crippen molar-refractivity contribution in [3.05, 3.63) is 89.5 Å². The Kier molecular flexibility index (Phi) is 5.20. The molecule has 0 bridgehead atoms. The van der Waals surface area contributed by atoms with Gasteiger partial charge in [0.25, 0.3) is 5.91 Å². The van der Waals surface area contributed by atoms with E-state index in [0.717, 1.165) is 16.9 Å². The van der Waals surface area contributed by atoms with Gasteiger partial charge in [-0.3, -0.25) is 4.79 Å². The fraction of sp³-hybridized carbons (Fsp3) is 0.0909. The number of fused-ring (bicyclic) bond motifs is 1. The summed E-state index contributed by atoms with van der Waals surface area (Å²) in [5, 5.41) is 4.00. The highest BCUT2D eigenvalue weighted by Gasteiger charge is 2.15. The third-order valence-electron chi connectivity index (χ3n) is 4.14. The van der Waals surface area contributed by atoms with Crippen LogP contribution in [0.25, 0.3) is 0 Å². The van der Waals surface area contributed by atoms with Crippen molar-refractivity contribution in [2.75, 3.05) is 6.79 Å². The van der Waals surface area contributed by atoms with Gasteiger partial charge in [0, 0.05) is 5.56 Å². The van der Waals surface area contributed by atoms with E-state index in [-0.39, 0.29) is 12.7 Å². The van der Waals surface area contributed by atoms with Gasteiger partial charge in [0.15, 0.2) is 11.5 Å². The minimum atomic E-state index is -0.322. The molecule has 1 N–H and O–H groups in total. The van der Waals surface area contributed by atoms with E-state index in [2.05, 4.69) is 10.5 Å². The average Bonchev–Trinajstić information content (AvgIpc) is 3.22. The Balaban J connectivity index is 1.30. The van der Waals surface area contributed by atoms with Crippen molar-refractivity contribution in [3.63, 3.8) is 0 Å². The fourth-order valence-corrected chi connectivity index (χ4v) is 2.66. The maximum Gasteiger partial charge on any atom is 0.271 e. The van der Waals surface area contributed by atoms with E-state index >= 15 is 0 Å². The van der Waals surface area contributed by atoms with E-state index < -0.39 is 0 Å². The van der Waals surface area contributed by atoms with Crippen molar-refractivity contribution in [1.29, 1.82) is 0 Å². The molecule has 3 aromatic rings. The fourth-order valence-electron chi connectivity index (χ4n) is 2.66. The van der Waals surface area contributed by atoms with Gasteiger partial charge in [-0.25, -0.2) is 5.43 Å². The van der Waals surface area contributed by atoms with Gasteiger partial charge in [-0.15, -0.1) is 0 Å². The third kappa shape index (κ3) is 4.29. The average molecular weight is 374 g/mol. The SMILES string of the molecule is O=C(N/N=C/c1ccc(OCc2ccccc2)cc1)c1ccc2c(c1)OCO2. The molecule has 0 atom stereocenters. The molecule has 1 amide bonds. The number of carbonyl (C=O) groups is 1. The molecular formula is C22H18N2O4. The summed E-state index contributed by atoms with van der Waals surface area (Å²) >= 11 is 0. The van der Waals surface area contributed by atoms with Gasteiger partial charge in [-0.1, -0.05) is 30.3 Å². The highest BCUT2D eigenvalue weighted by atomic mass is 16.7. The first-order valence-electron chi connectivity index (χ1n) is 8.78. The van der Waals surface area contributed by atoms with Crippen LogP contribution < -0.4 is 19.6 Å². The van der Waals surface area contributed by atoms with Crippen molar-refractivity contribution in [3.8, 4) is 17.2 Å². The second-order valence-electron chi connectivity index (χ2n) is 6.11. The predicted octanol–water partition coefficient (Wildman–Crippen LogP) is 3.76. The molecule has 1 heterocycles. The normalized spacial score (nSPS) is 12.1. The lowest BCUT2D eigenvalue weighted by Gasteiger charge is -2.06. The van der Waals surface area contributed by atoms with Gasteiger partial charge < -0.3 is 14.2 Å². The van der Waals surface area contributed by atoms with Gasteiger partial charge in [-0.2, -0.15) is 5.10 Å². The highest BCUT2D eigenvalue weighted by Crippen LogP contribution is 2.32. The summed E-state index contributed by atoms with van der Waals surface area (Å²) in [6.45, 7) is 0.684. The standard InChI is InChI=1S/C22H18N2O4/c25-22(18-8-11-20-21(12-18)28-15-27-20)24-23-13-16-6-9-19(10-7-16)26-14-17-4-2-1-3-5-17/h1-13H,14-15H2,(H,24,25)/b23-13+. The zero-order valence-corrected chi connectivity index (χ0v) is 15.0. The van der Waals surface area contributed by atoms with Crippen LogP contribution in [0.4, 0.5) is 0 Å². The Labute approximate surface area is 162 Å². The van der Waals surface area contributed by atoms with E-state index in [1.807, 2.05) is 54.6 Å². The summed E-state index contributed by atoms with van der Waals surface area (Å²) in [6, 6.07) is 22.4. The number of ether oxygens (including phenoxy) is 3. The second kappa shape index (κ2) is 8.26. The van der Waals surface area contributed by atoms with Crippen molar-refractivity contribution in [2.45, 2.75) is 6.61 Å². The smallest absolute Gasteiger partial charge is 0.271 e. The van der Waals surface area contributed by atoms with E-state index in [4.69, 9.17) is 14.2 Å². The molecule has 3 aromatic carbocycles. The molecule has 0 unspecified atom stereocenters. The molecule has 0 aliphatic carbocycles. The van der Waals surface area contributed by atoms with Gasteiger partial charge >= 0.3 is 0 Å². The molecule has 28 heavy (non-hydrogen) atoms. The molecular weight excluding hydrogens is 356 g/mol. The third-order valence-corrected chi connectivity index (χ3v) is 4.14. The maximum absolute atomic E-state index is 12.2. The summed E-state index contributed by atoms with van der Waals surface area (Å²) in [5.74, 6) is 1.64. The molecule has 0 saturated carbocycles. The molecule has 6 nitrogen and oxygen atoms in total. The Morgan fingerprint density at radius 2 is 1.79 bits per heavy atom. The van der Waals surface area contributed by atoms with Crippen LogP contribution in [-0.2, 0) is 6.61 Å². The summed E-state index contributed by atoms with van der Waals surface area (Å²) in [5.41, 5.74) is 4.91. The zero-order valence-electron chi connectivity index (χ0n) is 15.0. The lowest BCUT2D eigenvalue weighted by Crippen LogP contribution is -2.17. The number of rotatable bonds is 6. The van der Waals surface area contributed by atoms with Gasteiger partial charge in [-0.05, 0) is 53.6 Å². The Bertz CT molecular complexity index is 985. The number of nitrogens with zero attached hydrogens (tertiary/aromatic N) is 1. The van der Waals surface area contributed by atoms with E-state index in [0.29, 0.717) is 23.7 Å². The Morgan fingerprint density at radius 1 is 1.00 bits per heavy atom. The number of hydrogen-bond donors (Lipinski definition) is 1.